The molecule has 0 aliphatic heterocycles. The molecule has 0 bridgehead atoms. The van der Waals surface area contributed by atoms with Crippen molar-refractivity contribution < 1.29 is 4.79 Å². The Kier molecular flexibility index (Phi) is 2.72. The van der Waals surface area contributed by atoms with E-state index in [0.29, 0.717) is 0 Å². The standard InChI is InChI=1S/C8H15NO/c1-7(10)9-6-8-4-2-3-5-8/h8H,2-6H2,1H3,(H,9,10). The van der Waals surface area contributed by atoms with Crippen molar-refractivity contribution >= 4 is 5.91 Å². The third kappa shape index (κ3) is 2.38. The molecular weight excluding hydrogens is 126 g/mol. The second-order valence-electron chi connectivity index (χ2n) is 3.09. The van der Waals surface area contributed by atoms with Crippen molar-refractivity contribution in [3.05, 3.63) is 0 Å². The fourth-order valence-corrected chi connectivity index (χ4v) is 1.50. The molecule has 1 saturated carbocycles. The average molecular weight is 141 g/mol. The van der Waals surface area contributed by atoms with E-state index in [-0.39, 0.29) is 5.91 Å². The minimum atomic E-state index is 0.104. The lowest BCUT2D eigenvalue weighted by Gasteiger charge is -2.07. The van der Waals surface area contributed by atoms with Gasteiger partial charge in [-0.1, -0.05) is 12.8 Å². The third-order valence-corrected chi connectivity index (χ3v) is 2.11. The number of rotatable bonds is 2. The van der Waals surface area contributed by atoms with Crippen molar-refractivity contribution in [3.8, 4) is 0 Å². The molecule has 0 aromatic carbocycles. The van der Waals surface area contributed by atoms with Crippen molar-refractivity contribution in [1.82, 2.24) is 5.32 Å². The van der Waals surface area contributed by atoms with Gasteiger partial charge in [0.2, 0.25) is 5.91 Å². The van der Waals surface area contributed by atoms with Crippen molar-refractivity contribution in [2.75, 3.05) is 6.54 Å². The Hall–Kier alpha value is -0.530. The molecule has 0 radical (unpaired) electrons. The van der Waals surface area contributed by atoms with Crippen LogP contribution in [0.25, 0.3) is 0 Å². The molecule has 0 heterocycles. The molecule has 1 rings (SSSR count). The highest BCUT2D eigenvalue weighted by Crippen LogP contribution is 2.23. The Labute approximate surface area is 62.0 Å². The van der Waals surface area contributed by atoms with Gasteiger partial charge in [-0.25, -0.2) is 0 Å². The number of amides is 1. The lowest BCUT2D eigenvalue weighted by atomic mass is 10.1. The van der Waals surface area contributed by atoms with Crippen LogP contribution in [0.5, 0.6) is 0 Å². The maximum atomic E-state index is 10.5. The Bertz CT molecular complexity index is 116. The molecule has 0 aromatic heterocycles. The maximum Gasteiger partial charge on any atom is 0.216 e. The summed E-state index contributed by atoms with van der Waals surface area (Å²) in [7, 11) is 0. The highest BCUT2D eigenvalue weighted by molar-refractivity contribution is 5.72. The first-order valence-corrected chi connectivity index (χ1v) is 4.03. The Balaban J connectivity index is 2.07. The molecule has 0 spiro atoms. The van der Waals surface area contributed by atoms with Crippen LogP contribution in [0.15, 0.2) is 0 Å². The molecule has 1 N–H and O–H groups in total. The van der Waals surface area contributed by atoms with E-state index < -0.39 is 0 Å². The van der Waals surface area contributed by atoms with E-state index in [1.165, 1.54) is 25.7 Å². The topological polar surface area (TPSA) is 29.1 Å². The summed E-state index contributed by atoms with van der Waals surface area (Å²) in [5.74, 6) is 0.871. The van der Waals surface area contributed by atoms with Crippen LogP contribution in [0.2, 0.25) is 0 Å². The molecule has 0 atom stereocenters. The van der Waals surface area contributed by atoms with Crippen LogP contribution in [-0.2, 0) is 4.79 Å². The Morgan fingerprint density at radius 3 is 2.60 bits per heavy atom. The predicted octanol–water partition coefficient (Wildman–Crippen LogP) is 1.31. The van der Waals surface area contributed by atoms with Gasteiger partial charge in [0.05, 0.1) is 0 Å². The molecule has 2 heteroatoms. The zero-order valence-electron chi connectivity index (χ0n) is 6.52. The second kappa shape index (κ2) is 3.59. The fraction of sp³-hybridized carbons (Fsp3) is 0.875. The summed E-state index contributed by atoms with van der Waals surface area (Å²) in [6.45, 7) is 2.48. The molecule has 0 aromatic rings. The van der Waals surface area contributed by atoms with E-state index in [1.807, 2.05) is 0 Å². The number of hydrogen-bond donors (Lipinski definition) is 1. The summed E-state index contributed by atoms with van der Waals surface area (Å²) in [6.07, 6.45) is 5.31. The van der Waals surface area contributed by atoms with Gasteiger partial charge in [-0.3, -0.25) is 4.79 Å². The van der Waals surface area contributed by atoms with E-state index in [9.17, 15) is 4.79 Å². The van der Waals surface area contributed by atoms with Crippen LogP contribution in [0.4, 0.5) is 0 Å². The highest BCUT2D eigenvalue weighted by atomic mass is 16.1. The number of hydrogen-bond acceptors (Lipinski definition) is 1. The van der Waals surface area contributed by atoms with Crippen LogP contribution >= 0.6 is 0 Å². The SMILES string of the molecule is CC(=O)NCC1CCCC1. The minimum absolute atomic E-state index is 0.104. The Morgan fingerprint density at radius 1 is 1.50 bits per heavy atom. The Morgan fingerprint density at radius 2 is 2.10 bits per heavy atom. The summed E-state index contributed by atoms with van der Waals surface area (Å²) < 4.78 is 0. The van der Waals surface area contributed by atoms with Crippen molar-refractivity contribution in [2.24, 2.45) is 5.92 Å². The predicted molar refractivity (Wildman–Crippen MR) is 40.6 cm³/mol. The molecule has 0 saturated heterocycles. The van der Waals surface area contributed by atoms with Crippen molar-refractivity contribution in [1.29, 1.82) is 0 Å². The van der Waals surface area contributed by atoms with Crippen LogP contribution in [0.3, 0.4) is 0 Å². The fourth-order valence-electron chi connectivity index (χ4n) is 1.50. The molecule has 58 valence electrons. The normalized spacial score (nSPS) is 19.3. The van der Waals surface area contributed by atoms with Crippen molar-refractivity contribution in [3.63, 3.8) is 0 Å². The van der Waals surface area contributed by atoms with Gasteiger partial charge in [0.15, 0.2) is 0 Å². The molecule has 10 heavy (non-hydrogen) atoms. The monoisotopic (exact) mass is 141 g/mol. The summed E-state index contributed by atoms with van der Waals surface area (Å²) in [4.78, 5) is 10.5. The average Bonchev–Trinajstić information content (AvgIpc) is 2.34. The van der Waals surface area contributed by atoms with Crippen molar-refractivity contribution in [2.45, 2.75) is 32.6 Å². The summed E-state index contributed by atoms with van der Waals surface area (Å²) in [5.41, 5.74) is 0. The summed E-state index contributed by atoms with van der Waals surface area (Å²) in [6, 6.07) is 0. The summed E-state index contributed by atoms with van der Waals surface area (Å²) in [5, 5.41) is 2.85. The summed E-state index contributed by atoms with van der Waals surface area (Å²) >= 11 is 0. The van der Waals surface area contributed by atoms with E-state index in [1.54, 1.807) is 6.92 Å². The zero-order valence-corrected chi connectivity index (χ0v) is 6.52. The first-order chi connectivity index (χ1) is 4.79. The maximum absolute atomic E-state index is 10.5. The van der Waals surface area contributed by atoms with Gasteiger partial charge in [-0.2, -0.15) is 0 Å². The minimum Gasteiger partial charge on any atom is -0.356 e. The first kappa shape index (κ1) is 7.58. The van der Waals surface area contributed by atoms with Gasteiger partial charge in [-0.15, -0.1) is 0 Å². The second-order valence-corrected chi connectivity index (χ2v) is 3.09. The first-order valence-electron chi connectivity index (χ1n) is 4.03. The van der Waals surface area contributed by atoms with E-state index >= 15 is 0 Å². The van der Waals surface area contributed by atoms with Crippen LogP contribution < -0.4 is 5.32 Å². The van der Waals surface area contributed by atoms with Gasteiger partial charge in [0, 0.05) is 13.5 Å². The largest absolute Gasteiger partial charge is 0.356 e. The molecule has 2 nitrogen and oxygen atoms in total. The lowest BCUT2D eigenvalue weighted by molar-refractivity contribution is -0.119. The van der Waals surface area contributed by atoms with Crippen LogP contribution in [0, 0.1) is 5.92 Å². The lowest BCUT2D eigenvalue weighted by Crippen LogP contribution is -2.25. The molecule has 1 fully saturated rings. The van der Waals surface area contributed by atoms with E-state index in [2.05, 4.69) is 5.32 Å². The highest BCUT2D eigenvalue weighted by Gasteiger charge is 2.14. The zero-order chi connectivity index (χ0) is 7.40. The van der Waals surface area contributed by atoms with Crippen LogP contribution in [0.1, 0.15) is 32.6 Å². The van der Waals surface area contributed by atoms with Gasteiger partial charge < -0.3 is 5.32 Å². The van der Waals surface area contributed by atoms with E-state index in [4.69, 9.17) is 0 Å². The smallest absolute Gasteiger partial charge is 0.216 e. The quantitative estimate of drug-likeness (QED) is 0.617. The van der Waals surface area contributed by atoms with Crippen LogP contribution in [-0.4, -0.2) is 12.5 Å². The number of nitrogens with one attached hydrogen (secondary N) is 1. The molecule has 1 aliphatic carbocycles. The van der Waals surface area contributed by atoms with Gasteiger partial charge in [0.25, 0.3) is 0 Å². The molecule has 1 aliphatic rings. The third-order valence-electron chi connectivity index (χ3n) is 2.11. The number of carbonyl (C=O) groups excluding carboxylic acids is 1. The van der Waals surface area contributed by atoms with Gasteiger partial charge in [-0.05, 0) is 18.8 Å². The molecular formula is C8H15NO. The van der Waals surface area contributed by atoms with E-state index in [0.717, 1.165) is 12.5 Å². The molecule has 1 amide bonds. The molecule has 0 unspecified atom stereocenters. The van der Waals surface area contributed by atoms with Gasteiger partial charge >= 0.3 is 0 Å². The van der Waals surface area contributed by atoms with Gasteiger partial charge in [0.1, 0.15) is 0 Å². The number of carbonyl (C=O) groups is 1.